The summed E-state index contributed by atoms with van der Waals surface area (Å²) < 4.78 is 0. The molecule has 1 atom stereocenters. The number of amides is 2. The lowest BCUT2D eigenvalue weighted by molar-refractivity contribution is -0.126. The zero-order valence-electron chi connectivity index (χ0n) is 15.9. The second-order valence-corrected chi connectivity index (χ2v) is 6.35. The van der Waals surface area contributed by atoms with E-state index in [0.29, 0.717) is 12.1 Å². The van der Waals surface area contributed by atoms with Crippen molar-refractivity contribution in [2.24, 2.45) is 0 Å². The van der Waals surface area contributed by atoms with Crippen LogP contribution in [0.5, 0.6) is 0 Å². The minimum atomic E-state index is -0.839. The van der Waals surface area contributed by atoms with Crippen LogP contribution in [0.1, 0.15) is 27.7 Å². The van der Waals surface area contributed by atoms with E-state index in [2.05, 4.69) is 21.9 Å². The summed E-state index contributed by atoms with van der Waals surface area (Å²) in [5.74, 6) is -0.631. The standard InChI is InChI=1S/C23H22N4O2/c1-2-16-27(23(29)20-10-6-7-13-25-20)21(19-11-14-24-15-12-19)22(28)26-17-18-8-4-3-5-9-18/h2-15,21H,1,16-17H2,(H,26,28)/t21-/m1/s1. The number of aromatic nitrogens is 2. The van der Waals surface area contributed by atoms with Crippen molar-refractivity contribution in [1.82, 2.24) is 20.2 Å². The molecule has 2 heterocycles. The number of hydrogen-bond acceptors (Lipinski definition) is 4. The SMILES string of the molecule is C=CCN(C(=O)c1ccccn1)[C@@H](C(=O)NCc1ccccc1)c1ccncc1. The molecule has 0 bridgehead atoms. The van der Waals surface area contributed by atoms with Gasteiger partial charge in [-0.3, -0.25) is 19.6 Å². The Morgan fingerprint density at radius 3 is 2.38 bits per heavy atom. The monoisotopic (exact) mass is 386 g/mol. The first kappa shape index (κ1) is 19.9. The van der Waals surface area contributed by atoms with Crippen LogP contribution in [-0.4, -0.2) is 33.2 Å². The lowest BCUT2D eigenvalue weighted by Gasteiger charge is -2.30. The average Bonchev–Trinajstić information content (AvgIpc) is 2.79. The molecule has 6 nitrogen and oxygen atoms in total. The number of rotatable bonds is 8. The number of nitrogens with zero attached hydrogens (tertiary/aromatic N) is 3. The summed E-state index contributed by atoms with van der Waals surface area (Å²) in [7, 11) is 0. The van der Waals surface area contributed by atoms with Crippen LogP contribution in [0.15, 0.2) is 91.9 Å². The third-order valence-corrected chi connectivity index (χ3v) is 4.36. The van der Waals surface area contributed by atoms with Crippen molar-refractivity contribution in [2.45, 2.75) is 12.6 Å². The molecule has 0 radical (unpaired) electrons. The van der Waals surface area contributed by atoms with Crippen molar-refractivity contribution in [3.63, 3.8) is 0 Å². The summed E-state index contributed by atoms with van der Waals surface area (Å²) in [4.78, 5) is 36.0. The molecule has 3 aromatic rings. The molecule has 0 saturated heterocycles. The van der Waals surface area contributed by atoms with E-state index in [0.717, 1.165) is 5.56 Å². The highest BCUT2D eigenvalue weighted by atomic mass is 16.2. The second-order valence-electron chi connectivity index (χ2n) is 6.35. The Balaban J connectivity index is 1.91. The van der Waals surface area contributed by atoms with E-state index in [4.69, 9.17) is 0 Å². The lowest BCUT2D eigenvalue weighted by Crippen LogP contribution is -2.44. The summed E-state index contributed by atoms with van der Waals surface area (Å²) in [5.41, 5.74) is 1.90. The van der Waals surface area contributed by atoms with Gasteiger partial charge in [0.1, 0.15) is 11.7 Å². The van der Waals surface area contributed by atoms with Gasteiger partial charge in [-0.2, -0.15) is 0 Å². The van der Waals surface area contributed by atoms with E-state index in [9.17, 15) is 9.59 Å². The van der Waals surface area contributed by atoms with Gasteiger partial charge in [-0.1, -0.05) is 42.5 Å². The molecule has 2 amide bonds. The number of hydrogen-bond donors (Lipinski definition) is 1. The van der Waals surface area contributed by atoms with E-state index in [1.54, 1.807) is 55.0 Å². The van der Waals surface area contributed by atoms with E-state index in [1.807, 2.05) is 30.3 Å². The molecule has 3 rings (SSSR count). The number of nitrogens with one attached hydrogen (secondary N) is 1. The smallest absolute Gasteiger partial charge is 0.273 e. The molecule has 146 valence electrons. The van der Waals surface area contributed by atoms with Crippen molar-refractivity contribution in [3.05, 3.63) is 109 Å². The van der Waals surface area contributed by atoms with Gasteiger partial charge in [-0.05, 0) is 35.4 Å². The third kappa shape index (κ3) is 5.13. The zero-order valence-corrected chi connectivity index (χ0v) is 15.9. The van der Waals surface area contributed by atoms with Gasteiger partial charge in [0.2, 0.25) is 5.91 Å². The number of benzene rings is 1. The molecule has 0 saturated carbocycles. The molecule has 0 spiro atoms. The molecule has 0 aliphatic carbocycles. The van der Waals surface area contributed by atoms with Crippen LogP contribution in [-0.2, 0) is 11.3 Å². The second kappa shape index (κ2) is 9.94. The Labute approximate surface area is 169 Å². The Bertz CT molecular complexity index is 946. The van der Waals surface area contributed by atoms with E-state index >= 15 is 0 Å². The van der Waals surface area contributed by atoms with Gasteiger partial charge < -0.3 is 10.2 Å². The van der Waals surface area contributed by atoms with Crippen molar-refractivity contribution < 1.29 is 9.59 Å². The molecular weight excluding hydrogens is 364 g/mol. The maximum atomic E-state index is 13.2. The molecule has 0 aliphatic heterocycles. The van der Waals surface area contributed by atoms with E-state index in [-0.39, 0.29) is 24.1 Å². The summed E-state index contributed by atoms with van der Waals surface area (Å²) in [6.45, 7) is 4.30. The molecule has 0 aliphatic rings. The van der Waals surface area contributed by atoms with Crippen molar-refractivity contribution in [2.75, 3.05) is 6.54 Å². The van der Waals surface area contributed by atoms with Crippen LogP contribution < -0.4 is 5.32 Å². The zero-order chi connectivity index (χ0) is 20.5. The van der Waals surface area contributed by atoms with Crippen LogP contribution in [0.2, 0.25) is 0 Å². The van der Waals surface area contributed by atoms with Crippen molar-refractivity contribution in [3.8, 4) is 0 Å². The number of pyridine rings is 2. The Hall–Kier alpha value is -3.80. The predicted octanol–water partition coefficient (Wildman–Crippen LogP) is 3.16. The lowest BCUT2D eigenvalue weighted by atomic mass is 10.0. The van der Waals surface area contributed by atoms with Crippen LogP contribution in [0.4, 0.5) is 0 Å². The highest BCUT2D eigenvalue weighted by molar-refractivity contribution is 5.96. The minimum Gasteiger partial charge on any atom is -0.350 e. The summed E-state index contributed by atoms with van der Waals surface area (Å²) >= 11 is 0. The predicted molar refractivity (Wildman–Crippen MR) is 111 cm³/mol. The molecule has 6 heteroatoms. The number of carbonyl (C=O) groups is 2. The van der Waals surface area contributed by atoms with Crippen LogP contribution >= 0.6 is 0 Å². The Morgan fingerprint density at radius 1 is 1.00 bits per heavy atom. The fraction of sp³-hybridized carbons (Fsp3) is 0.130. The quantitative estimate of drug-likeness (QED) is 0.604. The fourth-order valence-corrected chi connectivity index (χ4v) is 2.98. The van der Waals surface area contributed by atoms with Gasteiger partial charge in [-0.15, -0.1) is 6.58 Å². The summed E-state index contributed by atoms with van der Waals surface area (Å²) in [5, 5.41) is 2.93. The molecule has 1 aromatic carbocycles. The first-order valence-corrected chi connectivity index (χ1v) is 9.25. The Morgan fingerprint density at radius 2 is 1.72 bits per heavy atom. The van der Waals surface area contributed by atoms with Gasteiger partial charge >= 0.3 is 0 Å². The maximum absolute atomic E-state index is 13.2. The van der Waals surface area contributed by atoms with Gasteiger partial charge in [0, 0.05) is 31.7 Å². The van der Waals surface area contributed by atoms with E-state index in [1.165, 1.54) is 4.90 Å². The molecule has 1 N–H and O–H groups in total. The maximum Gasteiger partial charge on any atom is 0.273 e. The topological polar surface area (TPSA) is 75.2 Å². The highest BCUT2D eigenvalue weighted by Gasteiger charge is 2.31. The molecule has 29 heavy (non-hydrogen) atoms. The normalized spacial score (nSPS) is 11.3. The van der Waals surface area contributed by atoms with Gasteiger partial charge in [-0.25, -0.2) is 0 Å². The highest BCUT2D eigenvalue weighted by Crippen LogP contribution is 2.23. The minimum absolute atomic E-state index is 0.196. The van der Waals surface area contributed by atoms with Crippen LogP contribution in [0, 0.1) is 0 Å². The van der Waals surface area contributed by atoms with E-state index < -0.39 is 6.04 Å². The van der Waals surface area contributed by atoms with Crippen molar-refractivity contribution >= 4 is 11.8 Å². The molecule has 0 unspecified atom stereocenters. The Kier molecular flexibility index (Phi) is 6.84. The summed E-state index contributed by atoms with van der Waals surface area (Å²) in [6.07, 6.45) is 6.35. The third-order valence-electron chi connectivity index (χ3n) is 4.36. The molecule has 2 aromatic heterocycles. The van der Waals surface area contributed by atoms with Crippen LogP contribution in [0.3, 0.4) is 0 Å². The fourth-order valence-electron chi connectivity index (χ4n) is 2.98. The van der Waals surface area contributed by atoms with Gasteiger partial charge in [0.15, 0.2) is 0 Å². The largest absolute Gasteiger partial charge is 0.350 e. The molecular formula is C23H22N4O2. The first-order chi connectivity index (χ1) is 14.2. The van der Waals surface area contributed by atoms with Gasteiger partial charge in [0.25, 0.3) is 5.91 Å². The average molecular weight is 386 g/mol. The van der Waals surface area contributed by atoms with Crippen molar-refractivity contribution in [1.29, 1.82) is 0 Å². The molecule has 0 fully saturated rings. The van der Waals surface area contributed by atoms with Gasteiger partial charge in [0.05, 0.1) is 0 Å². The number of carbonyl (C=O) groups excluding carboxylic acids is 2. The summed E-state index contributed by atoms with van der Waals surface area (Å²) in [6, 6.07) is 17.3. The first-order valence-electron chi connectivity index (χ1n) is 9.25. The van der Waals surface area contributed by atoms with Crippen LogP contribution in [0.25, 0.3) is 0 Å².